The Labute approximate surface area is 99.0 Å². The maximum Gasteiger partial charge on any atom is 0.224 e. The Morgan fingerprint density at radius 2 is 2.27 bits per heavy atom. The van der Waals surface area contributed by atoms with Gasteiger partial charge in [0.1, 0.15) is 0 Å². The Hall–Kier alpha value is -0.680. The summed E-state index contributed by atoms with van der Waals surface area (Å²) in [6.45, 7) is 5.05. The van der Waals surface area contributed by atoms with Crippen molar-refractivity contribution in [2.24, 2.45) is 0 Å². The van der Waals surface area contributed by atoms with Crippen LogP contribution in [-0.4, -0.2) is 27.5 Å². The highest BCUT2D eigenvalue weighted by atomic mass is 35.5. The van der Waals surface area contributed by atoms with E-state index in [1.54, 1.807) is 11.8 Å². The Morgan fingerprint density at radius 1 is 1.60 bits per heavy atom. The van der Waals surface area contributed by atoms with Crippen LogP contribution in [0.3, 0.4) is 0 Å². The van der Waals surface area contributed by atoms with Gasteiger partial charge in [-0.3, -0.25) is 0 Å². The molecule has 0 amide bonds. The van der Waals surface area contributed by atoms with Gasteiger partial charge in [0.25, 0.3) is 0 Å². The topological polar surface area (TPSA) is 63.8 Å². The van der Waals surface area contributed by atoms with Crippen molar-refractivity contribution in [3.05, 3.63) is 11.5 Å². The van der Waals surface area contributed by atoms with Crippen molar-refractivity contribution >= 4 is 34.9 Å². The number of halogens is 1. The molecule has 0 bridgehead atoms. The summed E-state index contributed by atoms with van der Waals surface area (Å²) < 4.78 is 0.129. The van der Waals surface area contributed by atoms with Crippen LogP contribution in [0.25, 0.3) is 0 Å². The standard InChI is InChI=1S/C9H15ClN4S/c1-9(2,15-3)5-13-7-6(11)4-12-8(10)14-7/h4H,5,11H2,1-3H3,(H,12,13,14). The molecule has 0 unspecified atom stereocenters. The van der Waals surface area contributed by atoms with E-state index in [1.807, 2.05) is 0 Å². The number of rotatable bonds is 4. The zero-order valence-corrected chi connectivity index (χ0v) is 10.6. The molecule has 0 aliphatic carbocycles. The molecule has 0 saturated heterocycles. The third-order valence-corrected chi connectivity index (χ3v) is 3.45. The molecule has 1 heterocycles. The Kier molecular flexibility index (Phi) is 4.04. The second kappa shape index (κ2) is 4.90. The number of nitrogen functional groups attached to an aromatic ring is 1. The first kappa shape index (κ1) is 12.4. The van der Waals surface area contributed by atoms with E-state index in [4.69, 9.17) is 17.3 Å². The molecule has 0 radical (unpaired) electrons. The SMILES string of the molecule is CSC(C)(C)CNc1nc(Cl)ncc1N. The normalized spacial score (nSPS) is 11.5. The minimum Gasteiger partial charge on any atom is -0.394 e. The van der Waals surface area contributed by atoms with Gasteiger partial charge in [-0.05, 0) is 31.7 Å². The number of nitrogens with two attached hydrogens (primary N) is 1. The largest absolute Gasteiger partial charge is 0.394 e. The maximum atomic E-state index is 5.71. The molecule has 84 valence electrons. The van der Waals surface area contributed by atoms with E-state index < -0.39 is 0 Å². The van der Waals surface area contributed by atoms with Crippen molar-refractivity contribution < 1.29 is 0 Å². The molecular weight excluding hydrogens is 232 g/mol. The fraction of sp³-hybridized carbons (Fsp3) is 0.556. The third-order valence-electron chi connectivity index (χ3n) is 2.02. The van der Waals surface area contributed by atoms with Crippen LogP contribution in [0.4, 0.5) is 11.5 Å². The molecule has 1 aromatic rings. The van der Waals surface area contributed by atoms with Crippen LogP contribution in [0, 0.1) is 0 Å². The first-order valence-corrected chi connectivity index (χ1v) is 6.12. The smallest absolute Gasteiger partial charge is 0.224 e. The first-order chi connectivity index (χ1) is 6.94. The molecule has 4 nitrogen and oxygen atoms in total. The number of anilines is 2. The van der Waals surface area contributed by atoms with Crippen LogP contribution in [0.5, 0.6) is 0 Å². The molecule has 0 fully saturated rings. The summed E-state index contributed by atoms with van der Waals surface area (Å²) in [6, 6.07) is 0. The van der Waals surface area contributed by atoms with Gasteiger partial charge in [0, 0.05) is 11.3 Å². The quantitative estimate of drug-likeness (QED) is 0.798. The molecule has 0 aliphatic heterocycles. The summed E-state index contributed by atoms with van der Waals surface area (Å²) in [5, 5.41) is 3.37. The van der Waals surface area contributed by atoms with Crippen molar-refractivity contribution in [1.82, 2.24) is 9.97 Å². The number of hydrogen-bond acceptors (Lipinski definition) is 5. The van der Waals surface area contributed by atoms with E-state index in [2.05, 4.69) is 35.4 Å². The third kappa shape index (κ3) is 3.76. The van der Waals surface area contributed by atoms with Crippen LogP contribution in [-0.2, 0) is 0 Å². The average Bonchev–Trinajstić information content (AvgIpc) is 2.20. The second-order valence-corrected chi connectivity index (χ2v) is 5.61. The zero-order valence-electron chi connectivity index (χ0n) is 9.04. The van der Waals surface area contributed by atoms with E-state index >= 15 is 0 Å². The van der Waals surface area contributed by atoms with Gasteiger partial charge in [0.2, 0.25) is 5.28 Å². The fourth-order valence-electron chi connectivity index (χ4n) is 0.880. The van der Waals surface area contributed by atoms with E-state index in [9.17, 15) is 0 Å². The lowest BCUT2D eigenvalue weighted by atomic mass is 10.2. The van der Waals surface area contributed by atoms with Gasteiger partial charge in [-0.25, -0.2) is 4.98 Å². The van der Waals surface area contributed by atoms with Crippen LogP contribution in [0.15, 0.2) is 6.20 Å². The lowest BCUT2D eigenvalue weighted by Crippen LogP contribution is -2.26. The minimum atomic E-state index is 0.129. The predicted octanol–water partition coefficient (Wildman–Crippen LogP) is 2.27. The summed E-state index contributed by atoms with van der Waals surface area (Å²) in [5.41, 5.74) is 6.22. The number of hydrogen-bond donors (Lipinski definition) is 2. The van der Waals surface area contributed by atoms with Gasteiger partial charge in [-0.15, -0.1) is 0 Å². The van der Waals surface area contributed by atoms with Crippen molar-refractivity contribution in [1.29, 1.82) is 0 Å². The average molecular weight is 247 g/mol. The molecule has 0 spiro atoms. The summed E-state index contributed by atoms with van der Waals surface area (Å²) in [6.07, 6.45) is 3.57. The van der Waals surface area contributed by atoms with Crippen LogP contribution < -0.4 is 11.1 Å². The lowest BCUT2D eigenvalue weighted by Gasteiger charge is -2.22. The number of thioether (sulfide) groups is 1. The fourth-order valence-corrected chi connectivity index (χ4v) is 1.23. The Morgan fingerprint density at radius 3 is 2.87 bits per heavy atom. The summed E-state index contributed by atoms with van der Waals surface area (Å²) in [7, 11) is 0. The van der Waals surface area contributed by atoms with Crippen LogP contribution in [0.2, 0.25) is 5.28 Å². The molecule has 0 aliphatic rings. The molecule has 0 atom stereocenters. The van der Waals surface area contributed by atoms with E-state index in [1.165, 1.54) is 6.20 Å². The molecule has 0 aromatic carbocycles. The van der Waals surface area contributed by atoms with Crippen LogP contribution in [0.1, 0.15) is 13.8 Å². The molecule has 3 N–H and O–H groups in total. The maximum absolute atomic E-state index is 5.71. The van der Waals surface area contributed by atoms with Crippen molar-refractivity contribution in [3.63, 3.8) is 0 Å². The molecular formula is C9H15ClN4S. The van der Waals surface area contributed by atoms with E-state index in [0.29, 0.717) is 11.5 Å². The second-order valence-electron chi connectivity index (χ2n) is 3.76. The van der Waals surface area contributed by atoms with Gasteiger partial charge in [-0.2, -0.15) is 16.7 Å². The predicted molar refractivity (Wildman–Crippen MR) is 67.5 cm³/mol. The Balaban J connectivity index is 2.69. The van der Waals surface area contributed by atoms with Crippen molar-refractivity contribution in [2.45, 2.75) is 18.6 Å². The number of nitrogens with one attached hydrogen (secondary N) is 1. The van der Waals surface area contributed by atoms with Crippen molar-refractivity contribution in [2.75, 3.05) is 23.9 Å². The number of nitrogens with zero attached hydrogens (tertiary/aromatic N) is 2. The Bertz CT molecular complexity index is 343. The summed E-state index contributed by atoms with van der Waals surface area (Å²) >= 11 is 7.45. The summed E-state index contributed by atoms with van der Waals surface area (Å²) in [4.78, 5) is 7.81. The van der Waals surface area contributed by atoms with E-state index in [0.717, 1.165) is 6.54 Å². The molecule has 1 rings (SSSR count). The number of aromatic nitrogens is 2. The van der Waals surface area contributed by atoms with Gasteiger partial charge in [0.05, 0.1) is 11.9 Å². The molecule has 15 heavy (non-hydrogen) atoms. The molecule has 6 heteroatoms. The minimum absolute atomic E-state index is 0.129. The van der Waals surface area contributed by atoms with Gasteiger partial charge < -0.3 is 11.1 Å². The van der Waals surface area contributed by atoms with Crippen LogP contribution >= 0.6 is 23.4 Å². The van der Waals surface area contributed by atoms with Gasteiger partial charge in [-0.1, -0.05) is 0 Å². The molecule has 1 aromatic heterocycles. The zero-order chi connectivity index (χ0) is 11.5. The lowest BCUT2D eigenvalue weighted by molar-refractivity contribution is 0.750. The highest BCUT2D eigenvalue weighted by Crippen LogP contribution is 2.23. The monoisotopic (exact) mass is 246 g/mol. The summed E-state index contributed by atoms with van der Waals surface area (Å²) in [5.74, 6) is 0.595. The van der Waals surface area contributed by atoms with Crippen molar-refractivity contribution in [3.8, 4) is 0 Å². The van der Waals surface area contributed by atoms with Gasteiger partial charge >= 0.3 is 0 Å². The van der Waals surface area contributed by atoms with E-state index in [-0.39, 0.29) is 10.0 Å². The molecule has 0 saturated carbocycles. The van der Waals surface area contributed by atoms with Gasteiger partial charge in [0.15, 0.2) is 5.82 Å². The highest BCUT2D eigenvalue weighted by molar-refractivity contribution is 7.99. The highest BCUT2D eigenvalue weighted by Gasteiger charge is 2.16. The first-order valence-electron chi connectivity index (χ1n) is 4.51.